The van der Waals surface area contributed by atoms with E-state index in [0.717, 1.165) is 17.1 Å². The second kappa shape index (κ2) is 6.33. The first-order chi connectivity index (χ1) is 10.0. The van der Waals surface area contributed by atoms with Crippen molar-refractivity contribution in [3.63, 3.8) is 0 Å². The largest absolute Gasteiger partial charge is 0.376 e. The van der Waals surface area contributed by atoms with Gasteiger partial charge >= 0.3 is 0 Å². The Balaban J connectivity index is 2.26. The number of nitro groups is 1. The lowest BCUT2D eigenvalue weighted by Gasteiger charge is -2.16. The van der Waals surface area contributed by atoms with Crippen molar-refractivity contribution >= 4 is 22.7 Å². The van der Waals surface area contributed by atoms with Crippen LogP contribution in [0.4, 0.5) is 11.4 Å². The molecule has 0 spiro atoms. The van der Waals surface area contributed by atoms with Gasteiger partial charge in [-0.1, -0.05) is 6.92 Å². The number of aryl methyl sites for hydroxylation is 1. The van der Waals surface area contributed by atoms with Crippen molar-refractivity contribution in [3.8, 4) is 6.07 Å². The summed E-state index contributed by atoms with van der Waals surface area (Å²) in [7, 11) is 0. The van der Waals surface area contributed by atoms with Crippen LogP contribution in [0.5, 0.6) is 0 Å². The van der Waals surface area contributed by atoms with Gasteiger partial charge in [-0.15, -0.1) is 11.3 Å². The third kappa shape index (κ3) is 3.35. The Morgan fingerprint density at radius 1 is 1.57 bits per heavy atom. The smallest absolute Gasteiger partial charge is 0.287 e. The van der Waals surface area contributed by atoms with E-state index in [0.29, 0.717) is 5.69 Å². The van der Waals surface area contributed by atoms with Crippen LogP contribution in [0.15, 0.2) is 23.6 Å². The lowest BCUT2D eigenvalue weighted by Crippen LogP contribution is -2.09. The number of benzene rings is 1. The number of hydrogen-bond donors (Lipinski definition) is 1. The summed E-state index contributed by atoms with van der Waals surface area (Å²) in [6.07, 6.45) is 0.825. The van der Waals surface area contributed by atoms with Crippen molar-refractivity contribution in [2.24, 2.45) is 0 Å². The maximum atomic E-state index is 10.8. The van der Waals surface area contributed by atoms with Crippen LogP contribution in [0, 0.1) is 28.4 Å². The van der Waals surface area contributed by atoms with Gasteiger partial charge in [0.2, 0.25) is 0 Å². The van der Waals surface area contributed by atoms with Crippen molar-refractivity contribution < 1.29 is 4.92 Å². The number of aromatic nitrogens is 1. The Hall–Kier alpha value is -2.46. The highest BCUT2D eigenvalue weighted by molar-refractivity contribution is 7.09. The molecule has 0 saturated carbocycles. The maximum absolute atomic E-state index is 10.8. The molecule has 21 heavy (non-hydrogen) atoms. The van der Waals surface area contributed by atoms with Crippen LogP contribution in [-0.2, 0) is 0 Å². The lowest BCUT2D eigenvalue weighted by molar-refractivity contribution is -0.385. The molecule has 1 N–H and O–H groups in total. The monoisotopic (exact) mass is 302 g/mol. The Bertz CT molecular complexity index is 705. The standard InChI is InChI=1S/C14H14N4O2S/c1-3-12(14-16-9(2)8-21-14)17-11-4-5-13(18(19)20)10(6-11)7-15/h4-6,8,12,17H,3H2,1-2H3/t12-/m0/s1. The quantitative estimate of drug-likeness (QED) is 0.670. The first kappa shape index (κ1) is 14.9. The topological polar surface area (TPSA) is 91.9 Å². The van der Waals surface area contributed by atoms with E-state index in [2.05, 4.69) is 10.3 Å². The molecule has 108 valence electrons. The van der Waals surface area contributed by atoms with E-state index in [1.54, 1.807) is 17.4 Å². The maximum Gasteiger partial charge on any atom is 0.287 e. The van der Waals surface area contributed by atoms with E-state index >= 15 is 0 Å². The second-order valence-electron chi connectivity index (χ2n) is 4.53. The van der Waals surface area contributed by atoms with Gasteiger partial charge in [0, 0.05) is 22.8 Å². The SMILES string of the molecule is CC[C@H](Nc1ccc([N+](=O)[O-])c(C#N)c1)c1nc(C)cs1. The molecule has 0 aliphatic rings. The summed E-state index contributed by atoms with van der Waals surface area (Å²) in [6, 6.07) is 6.34. The van der Waals surface area contributed by atoms with Gasteiger partial charge in [0.25, 0.3) is 5.69 Å². The molecule has 7 heteroatoms. The summed E-state index contributed by atoms with van der Waals surface area (Å²) in [5, 5.41) is 26.1. The number of nitrogens with one attached hydrogen (secondary N) is 1. The minimum atomic E-state index is -0.552. The molecule has 0 radical (unpaired) electrons. The van der Waals surface area contributed by atoms with Crippen LogP contribution in [0.1, 0.15) is 35.7 Å². The van der Waals surface area contributed by atoms with Crippen molar-refractivity contribution in [1.29, 1.82) is 5.26 Å². The highest BCUT2D eigenvalue weighted by atomic mass is 32.1. The van der Waals surface area contributed by atoms with Crippen LogP contribution < -0.4 is 5.32 Å². The molecule has 2 aromatic rings. The Morgan fingerprint density at radius 3 is 2.86 bits per heavy atom. The van der Waals surface area contributed by atoms with Gasteiger partial charge < -0.3 is 5.32 Å². The first-order valence-electron chi connectivity index (χ1n) is 6.42. The Morgan fingerprint density at radius 2 is 2.33 bits per heavy atom. The van der Waals surface area contributed by atoms with Crippen LogP contribution >= 0.6 is 11.3 Å². The molecule has 2 rings (SSSR count). The molecule has 1 heterocycles. The van der Waals surface area contributed by atoms with E-state index in [-0.39, 0.29) is 17.3 Å². The summed E-state index contributed by atoms with van der Waals surface area (Å²) >= 11 is 1.57. The minimum Gasteiger partial charge on any atom is -0.376 e. The summed E-state index contributed by atoms with van der Waals surface area (Å²) in [5.41, 5.74) is 1.52. The zero-order valence-corrected chi connectivity index (χ0v) is 12.5. The number of hydrogen-bond acceptors (Lipinski definition) is 6. The van der Waals surface area contributed by atoms with Crippen LogP contribution in [0.2, 0.25) is 0 Å². The first-order valence-corrected chi connectivity index (χ1v) is 7.30. The van der Waals surface area contributed by atoms with E-state index in [4.69, 9.17) is 5.26 Å². The molecule has 0 unspecified atom stereocenters. The molecule has 1 aromatic carbocycles. The third-order valence-corrected chi connectivity index (χ3v) is 4.07. The molecule has 1 atom stereocenters. The van der Waals surface area contributed by atoms with Gasteiger partial charge in [0.15, 0.2) is 0 Å². The number of nitro benzene ring substituents is 1. The number of nitriles is 1. The number of nitrogens with zero attached hydrogens (tertiary/aromatic N) is 3. The minimum absolute atomic E-state index is 0.0247. The van der Waals surface area contributed by atoms with Crippen molar-refractivity contribution in [2.75, 3.05) is 5.32 Å². The molecule has 0 amide bonds. The fourth-order valence-electron chi connectivity index (χ4n) is 1.95. The molecule has 0 aliphatic heterocycles. The molecular weight excluding hydrogens is 288 g/mol. The molecule has 6 nitrogen and oxygen atoms in total. The summed E-state index contributed by atoms with van der Waals surface area (Å²) in [6.45, 7) is 3.97. The molecule has 0 fully saturated rings. The van der Waals surface area contributed by atoms with Crippen molar-refractivity contribution in [1.82, 2.24) is 4.98 Å². The fourth-order valence-corrected chi connectivity index (χ4v) is 2.88. The van der Waals surface area contributed by atoms with Crippen LogP contribution in [0.25, 0.3) is 0 Å². The van der Waals surface area contributed by atoms with E-state index in [1.165, 1.54) is 12.1 Å². The van der Waals surface area contributed by atoms with Gasteiger partial charge in [-0.3, -0.25) is 10.1 Å². The Kier molecular flexibility index (Phi) is 4.50. The predicted molar refractivity (Wildman–Crippen MR) is 81.3 cm³/mol. The number of anilines is 1. The number of rotatable bonds is 5. The number of thiazole rings is 1. The van der Waals surface area contributed by atoms with Gasteiger partial charge in [0.1, 0.15) is 16.6 Å². The van der Waals surface area contributed by atoms with Crippen molar-refractivity contribution in [2.45, 2.75) is 26.3 Å². The van der Waals surface area contributed by atoms with Gasteiger partial charge in [-0.05, 0) is 25.5 Å². The zero-order chi connectivity index (χ0) is 15.4. The third-order valence-electron chi connectivity index (χ3n) is 3.00. The molecular formula is C14H14N4O2S. The molecule has 0 bridgehead atoms. The van der Waals surface area contributed by atoms with E-state index < -0.39 is 4.92 Å². The second-order valence-corrected chi connectivity index (χ2v) is 5.42. The predicted octanol–water partition coefficient (Wildman–Crippen LogP) is 3.79. The molecule has 0 saturated heterocycles. The summed E-state index contributed by atoms with van der Waals surface area (Å²) < 4.78 is 0. The van der Waals surface area contributed by atoms with Crippen molar-refractivity contribution in [3.05, 3.63) is 50.0 Å². The lowest BCUT2D eigenvalue weighted by atomic mass is 10.1. The van der Waals surface area contributed by atoms with E-state index in [1.807, 2.05) is 25.3 Å². The summed E-state index contributed by atoms with van der Waals surface area (Å²) in [5.74, 6) is 0. The highest BCUT2D eigenvalue weighted by Gasteiger charge is 2.17. The van der Waals surface area contributed by atoms with Gasteiger partial charge in [-0.25, -0.2) is 4.98 Å². The van der Waals surface area contributed by atoms with Crippen LogP contribution in [-0.4, -0.2) is 9.91 Å². The Labute approximate surface area is 126 Å². The highest BCUT2D eigenvalue weighted by Crippen LogP contribution is 2.28. The zero-order valence-electron chi connectivity index (χ0n) is 11.7. The average molecular weight is 302 g/mol. The van der Waals surface area contributed by atoms with Crippen LogP contribution in [0.3, 0.4) is 0 Å². The molecule has 1 aromatic heterocycles. The average Bonchev–Trinajstić information content (AvgIpc) is 2.90. The summed E-state index contributed by atoms with van der Waals surface area (Å²) in [4.78, 5) is 14.7. The fraction of sp³-hybridized carbons (Fsp3) is 0.286. The normalized spacial score (nSPS) is 11.7. The van der Waals surface area contributed by atoms with E-state index in [9.17, 15) is 10.1 Å². The van der Waals surface area contributed by atoms with Gasteiger partial charge in [0.05, 0.1) is 11.0 Å². The molecule has 0 aliphatic carbocycles. The van der Waals surface area contributed by atoms with Gasteiger partial charge in [-0.2, -0.15) is 5.26 Å².